The van der Waals surface area contributed by atoms with E-state index in [4.69, 9.17) is 4.42 Å². The first-order valence-corrected chi connectivity index (χ1v) is 17.3. The number of anilines is 3. The van der Waals surface area contributed by atoms with Gasteiger partial charge in [0.2, 0.25) is 0 Å². The van der Waals surface area contributed by atoms with E-state index in [1.165, 1.54) is 49.7 Å². The Bertz CT molecular complexity index is 2670. The molecule has 0 aliphatic heterocycles. The molecule has 0 bridgehead atoms. The van der Waals surface area contributed by atoms with Crippen LogP contribution < -0.4 is 4.90 Å². The number of fused-ring (bicyclic) bond motifs is 8. The van der Waals surface area contributed by atoms with Crippen molar-refractivity contribution >= 4 is 49.8 Å². The van der Waals surface area contributed by atoms with Crippen LogP contribution in [0.15, 0.2) is 186 Å². The Balaban J connectivity index is 1.31. The van der Waals surface area contributed by atoms with Crippen LogP contribution in [0.4, 0.5) is 17.1 Å². The molecule has 0 radical (unpaired) electrons. The Labute approximate surface area is 291 Å². The van der Waals surface area contributed by atoms with Crippen molar-refractivity contribution in [3.63, 3.8) is 0 Å². The van der Waals surface area contributed by atoms with Crippen LogP contribution >= 0.6 is 0 Å². The Hall–Kier alpha value is -6.38. The third-order valence-electron chi connectivity index (χ3n) is 10.6. The third-order valence-corrected chi connectivity index (χ3v) is 10.6. The van der Waals surface area contributed by atoms with Gasteiger partial charge in [0.1, 0.15) is 5.58 Å². The molecule has 1 aromatic heterocycles. The maximum Gasteiger partial charge on any atom is 0.159 e. The Kier molecular flexibility index (Phi) is 6.34. The molecule has 0 unspecified atom stereocenters. The number of hydrogen-bond donors (Lipinski definition) is 0. The van der Waals surface area contributed by atoms with Gasteiger partial charge in [-0.05, 0) is 87.5 Å². The number of para-hydroxylation sites is 2. The zero-order chi connectivity index (χ0) is 33.2. The van der Waals surface area contributed by atoms with E-state index in [1.807, 2.05) is 6.07 Å². The molecule has 1 heterocycles. The van der Waals surface area contributed by atoms with E-state index in [0.717, 1.165) is 39.0 Å². The second-order valence-electron chi connectivity index (χ2n) is 13.3. The molecule has 0 spiro atoms. The summed E-state index contributed by atoms with van der Waals surface area (Å²) in [7, 11) is 0. The molecule has 0 saturated carbocycles. The minimum absolute atomic E-state index is 0.530. The van der Waals surface area contributed by atoms with Gasteiger partial charge in [0.05, 0.1) is 11.1 Å². The van der Waals surface area contributed by atoms with E-state index >= 15 is 0 Å². The summed E-state index contributed by atoms with van der Waals surface area (Å²) in [6, 6.07) is 66.2. The van der Waals surface area contributed by atoms with Gasteiger partial charge in [-0.25, -0.2) is 0 Å². The predicted octanol–water partition coefficient (Wildman–Crippen LogP) is 12.9. The highest BCUT2D eigenvalue weighted by Crippen LogP contribution is 2.59. The van der Waals surface area contributed by atoms with Crippen molar-refractivity contribution in [3.8, 4) is 11.1 Å². The normalized spacial score (nSPS) is 13.1. The summed E-state index contributed by atoms with van der Waals surface area (Å²) in [6.45, 7) is 2.14. The van der Waals surface area contributed by atoms with Crippen LogP contribution in [0.2, 0.25) is 0 Å². The van der Waals surface area contributed by atoms with E-state index in [-0.39, 0.29) is 0 Å². The molecule has 0 atom stereocenters. The standard InChI is InChI=1S/C48H33NO/c1-32-23-26-36(27-24-32)49(44-21-12-20-40-39-19-10-11-22-45(39)50-47(40)44)37-28-29-41-43(31-37)48(34-14-4-2-5-15-34,35-16-6-3-7-17-35)42-30-25-33-13-8-9-18-38(33)46(41)42/h2-31H,1H3. The number of nitrogens with zero attached hydrogens (tertiary/aromatic N) is 1. The van der Waals surface area contributed by atoms with Crippen LogP contribution in [0.25, 0.3) is 43.8 Å². The molecule has 0 amide bonds. The highest BCUT2D eigenvalue weighted by molar-refractivity contribution is 6.10. The van der Waals surface area contributed by atoms with Crippen LogP contribution in [0.5, 0.6) is 0 Å². The fourth-order valence-corrected chi connectivity index (χ4v) is 8.41. The fraction of sp³-hybridized carbons (Fsp3) is 0.0417. The van der Waals surface area contributed by atoms with E-state index in [0.29, 0.717) is 0 Å². The summed E-state index contributed by atoms with van der Waals surface area (Å²) < 4.78 is 6.66. The van der Waals surface area contributed by atoms with Crippen molar-refractivity contribution < 1.29 is 4.42 Å². The van der Waals surface area contributed by atoms with Crippen molar-refractivity contribution in [1.29, 1.82) is 0 Å². The molecular formula is C48H33NO. The molecule has 10 rings (SSSR count). The van der Waals surface area contributed by atoms with Gasteiger partial charge >= 0.3 is 0 Å². The average molecular weight is 640 g/mol. The maximum atomic E-state index is 6.66. The molecule has 8 aromatic carbocycles. The Morgan fingerprint density at radius 2 is 1.12 bits per heavy atom. The maximum absolute atomic E-state index is 6.66. The van der Waals surface area contributed by atoms with Crippen molar-refractivity contribution in [2.45, 2.75) is 12.3 Å². The van der Waals surface area contributed by atoms with Gasteiger partial charge in [0.25, 0.3) is 0 Å². The molecule has 1 aliphatic rings. The van der Waals surface area contributed by atoms with Gasteiger partial charge < -0.3 is 9.32 Å². The van der Waals surface area contributed by atoms with Gasteiger partial charge in [-0.15, -0.1) is 0 Å². The molecule has 50 heavy (non-hydrogen) atoms. The SMILES string of the molecule is Cc1ccc(N(c2ccc3c(c2)C(c2ccccc2)(c2ccccc2)c2ccc4ccccc4c2-3)c2cccc3c2oc2ccccc23)cc1. The third kappa shape index (κ3) is 4.09. The Morgan fingerprint density at radius 3 is 1.88 bits per heavy atom. The molecule has 0 saturated heterocycles. The summed E-state index contributed by atoms with van der Waals surface area (Å²) >= 11 is 0. The number of hydrogen-bond acceptors (Lipinski definition) is 2. The van der Waals surface area contributed by atoms with Crippen molar-refractivity contribution in [3.05, 3.63) is 210 Å². The molecule has 0 N–H and O–H groups in total. The average Bonchev–Trinajstić information content (AvgIpc) is 3.71. The number of aryl methyl sites for hydroxylation is 1. The van der Waals surface area contributed by atoms with Gasteiger partial charge in [-0.2, -0.15) is 0 Å². The lowest BCUT2D eigenvalue weighted by atomic mass is 9.67. The van der Waals surface area contributed by atoms with E-state index in [2.05, 4.69) is 188 Å². The first kappa shape index (κ1) is 28.6. The van der Waals surface area contributed by atoms with Crippen molar-refractivity contribution in [2.75, 3.05) is 4.90 Å². The number of benzene rings is 8. The second-order valence-corrected chi connectivity index (χ2v) is 13.3. The molecule has 0 fully saturated rings. The summed E-state index contributed by atoms with van der Waals surface area (Å²) in [5.41, 5.74) is 13.3. The first-order chi connectivity index (χ1) is 24.7. The van der Waals surface area contributed by atoms with Crippen LogP contribution in [0.1, 0.15) is 27.8 Å². The number of rotatable bonds is 5. The van der Waals surface area contributed by atoms with Gasteiger partial charge in [-0.3, -0.25) is 0 Å². The first-order valence-electron chi connectivity index (χ1n) is 17.3. The summed E-state index contributed by atoms with van der Waals surface area (Å²) in [5, 5.41) is 4.75. The van der Waals surface area contributed by atoms with Crippen LogP contribution in [-0.2, 0) is 5.41 Å². The highest BCUT2D eigenvalue weighted by Gasteiger charge is 2.47. The monoisotopic (exact) mass is 639 g/mol. The molecule has 2 nitrogen and oxygen atoms in total. The fourth-order valence-electron chi connectivity index (χ4n) is 8.41. The van der Waals surface area contributed by atoms with Gasteiger partial charge in [0, 0.05) is 22.1 Å². The summed E-state index contributed by atoms with van der Waals surface area (Å²) in [4.78, 5) is 2.37. The van der Waals surface area contributed by atoms with E-state index in [9.17, 15) is 0 Å². The lowest BCUT2D eigenvalue weighted by Gasteiger charge is -2.35. The zero-order valence-electron chi connectivity index (χ0n) is 27.7. The van der Waals surface area contributed by atoms with E-state index < -0.39 is 5.41 Å². The largest absolute Gasteiger partial charge is 0.454 e. The lowest BCUT2D eigenvalue weighted by Crippen LogP contribution is -2.28. The number of furan rings is 1. The van der Waals surface area contributed by atoms with Crippen LogP contribution in [0.3, 0.4) is 0 Å². The molecule has 2 heteroatoms. The van der Waals surface area contributed by atoms with E-state index in [1.54, 1.807) is 0 Å². The highest BCUT2D eigenvalue weighted by atomic mass is 16.3. The van der Waals surface area contributed by atoms with Gasteiger partial charge in [-0.1, -0.05) is 151 Å². The lowest BCUT2D eigenvalue weighted by molar-refractivity contribution is 0.669. The molecule has 1 aliphatic carbocycles. The second kappa shape index (κ2) is 11.1. The van der Waals surface area contributed by atoms with Crippen LogP contribution in [-0.4, -0.2) is 0 Å². The quantitative estimate of drug-likeness (QED) is 0.186. The minimum Gasteiger partial charge on any atom is -0.454 e. The zero-order valence-corrected chi connectivity index (χ0v) is 27.7. The van der Waals surface area contributed by atoms with Crippen molar-refractivity contribution in [1.82, 2.24) is 0 Å². The summed E-state index contributed by atoms with van der Waals surface area (Å²) in [6.07, 6.45) is 0. The molecule has 9 aromatic rings. The molecular weight excluding hydrogens is 607 g/mol. The minimum atomic E-state index is -0.530. The molecule has 236 valence electrons. The summed E-state index contributed by atoms with van der Waals surface area (Å²) in [5.74, 6) is 0. The topological polar surface area (TPSA) is 16.4 Å². The van der Waals surface area contributed by atoms with Crippen molar-refractivity contribution in [2.24, 2.45) is 0 Å². The Morgan fingerprint density at radius 1 is 0.480 bits per heavy atom. The van der Waals surface area contributed by atoms with Gasteiger partial charge in [0.15, 0.2) is 5.58 Å². The predicted molar refractivity (Wildman–Crippen MR) is 208 cm³/mol. The van der Waals surface area contributed by atoms with Crippen LogP contribution in [0, 0.1) is 6.92 Å². The smallest absolute Gasteiger partial charge is 0.159 e.